The van der Waals surface area contributed by atoms with Crippen LogP contribution >= 0.6 is 0 Å². The normalized spacial score (nSPS) is 11.8. The second-order valence-electron chi connectivity index (χ2n) is 7.22. The molecule has 2 aromatic heterocycles. The Morgan fingerprint density at radius 1 is 1.00 bits per heavy atom. The summed E-state index contributed by atoms with van der Waals surface area (Å²) in [5, 5.41) is 14.1. The summed E-state index contributed by atoms with van der Waals surface area (Å²) in [7, 11) is 0. The molecular weight excluding hydrogens is 406 g/mol. The number of carbonyl (C=O) groups excluding carboxylic acids is 1. The molecule has 2 aromatic carbocycles. The molecule has 0 aliphatic rings. The zero-order valence-electron chi connectivity index (χ0n) is 17.8. The van der Waals surface area contributed by atoms with E-state index in [9.17, 15) is 4.79 Å². The van der Waals surface area contributed by atoms with Gasteiger partial charge in [-0.3, -0.25) is 4.40 Å². The van der Waals surface area contributed by atoms with Gasteiger partial charge in [0, 0.05) is 11.9 Å². The van der Waals surface area contributed by atoms with Crippen molar-refractivity contribution in [1.29, 1.82) is 0 Å². The lowest BCUT2D eigenvalue weighted by Crippen LogP contribution is -2.32. The van der Waals surface area contributed by atoms with Crippen molar-refractivity contribution in [1.82, 2.24) is 19.9 Å². The molecule has 4 rings (SSSR count). The second kappa shape index (κ2) is 10.4. The lowest BCUT2D eigenvalue weighted by atomic mass is 10.2. The standard InChI is InChI=1S/C24H25N5O3/c1-18(23-28-27-22-12-5-6-13-29(22)23)25-24(30)26-20-9-7-8-19(16-20)17-31-14-15-32-21-10-3-2-4-11-21/h2-13,16,18H,14-15,17H2,1H3,(H2,25,26,30). The van der Waals surface area contributed by atoms with Crippen molar-refractivity contribution in [3.05, 3.63) is 90.4 Å². The minimum absolute atomic E-state index is 0.316. The number of pyridine rings is 1. The van der Waals surface area contributed by atoms with Crippen molar-refractivity contribution in [2.75, 3.05) is 18.5 Å². The van der Waals surface area contributed by atoms with E-state index >= 15 is 0 Å². The zero-order chi connectivity index (χ0) is 22.2. The number of urea groups is 1. The summed E-state index contributed by atoms with van der Waals surface area (Å²) in [5.74, 6) is 1.48. The van der Waals surface area contributed by atoms with E-state index in [1.165, 1.54) is 0 Å². The maximum Gasteiger partial charge on any atom is 0.319 e. The lowest BCUT2D eigenvalue weighted by Gasteiger charge is -2.14. The van der Waals surface area contributed by atoms with Crippen molar-refractivity contribution in [3.63, 3.8) is 0 Å². The highest BCUT2D eigenvalue weighted by atomic mass is 16.5. The van der Waals surface area contributed by atoms with E-state index in [1.54, 1.807) is 0 Å². The maximum absolute atomic E-state index is 12.5. The van der Waals surface area contributed by atoms with Gasteiger partial charge in [-0.15, -0.1) is 10.2 Å². The van der Waals surface area contributed by atoms with Gasteiger partial charge in [-0.1, -0.05) is 36.4 Å². The van der Waals surface area contributed by atoms with Crippen molar-refractivity contribution < 1.29 is 14.3 Å². The number of hydrogen-bond donors (Lipinski definition) is 2. The molecule has 0 radical (unpaired) electrons. The number of nitrogens with one attached hydrogen (secondary N) is 2. The van der Waals surface area contributed by atoms with Gasteiger partial charge in [0.2, 0.25) is 0 Å². The summed E-state index contributed by atoms with van der Waals surface area (Å²) < 4.78 is 13.1. The molecule has 0 spiro atoms. The Bertz CT molecular complexity index is 1160. The van der Waals surface area contributed by atoms with Crippen LogP contribution < -0.4 is 15.4 Å². The molecule has 0 bridgehead atoms. The van der Waals surface area contributed by atoms with Gasteiger partial charge >= 0.3 is 6.03 Å². The van der Waals surface area contributed by atoms with Crippen molar-refractivity contribution in [3.8, 4) is 5.75 Å². The predicted molar refractivity (Wildman–Crippen MR) is 122 cm³/mol. The van der Waals surface area contributed by atoms with Crippen LogP contribution in [-0.2, 0) is 11.3 Å². The molecule has 0 fully saturated rings. The van der Waals surface area contributed by atoms with Gasteiger partial charge in [0.25, 0.3) is 0 Å². The van der Waals surface area contributed by atoms with Crippen LogP contribution in [0, 0.1) is 0 Å². The van der Waals surface area contributed by atoms with Crippen LogP contribution in [0.4, 0.5) is 10.5 Å². The molecular formula is C24H25N5O3. The monoisotopic (exact) mass is 431 g/mol. The van der Waals surface area contributed by atoms with Gasteiger partial charge in [0.05, 0.1) is 19.3 Å². The second-order valence-corrected chi connectivity index (χ2v) is 7.22. The fraction of sp³-hybridized carbons (Fsp3) is 0.208. The van der Waals surface area contributed by atoms with Crippen molar-refractivity contribution >= 4 is 17.4 Å². The molecule has 2 heterocycles. The first kappa shape index (κ1) is 21.3. The third-order valence-electron chi connectivity index (χ3n) is 4.77. The first-order valence-corrected chi connectivity index (χ1v) is 10.4. The average Bonchev–Trinajstić information content (AvgIpc) is 3.24. The molecule has 2 N–H and O–H groups in total. The van der Waals surface area contributed by atoms with Crippen LogP contribution in [0.5, 0.6) is 5.75 Å². The number of amides is 2. The molecule has 8 nitrogen and oxygen atoms in total. The highest BCUT2D eigenvalue weighted by molar-refractivity contribution is 5.89. The Morgan fingerprint density at radius 2 is 1.84 bits per heavy atom. The number of hydrogen-bond acceptors (Lipinski definition) is 5. The van der Waals surface area contributed by atoms with Crippen LogP contribution in [-0.4, -0.2) is 33.8 Å². The Kier molecular flexibility index (Phi) is 6.94. The van der Waals surface area contributed by atoms with Crippen molar-refractivity contribution in [2.45, 2.75) is 19.6 Å². The number of ether oxygens (including phenoxy) is 2. The molecule has 32 heavy (non-hydrogen) atoms. The quantitative estimate of drug-likeness (QED) is 0.388. The number of rotatable bonds is 9. The Labute approximate surface area is 186 Å². The van der Waals surface area contributed by atoms with E-state index in [0.29, 0.717) is 31.3 Å². The summed E-state index contributed by atoms with van der Waals surface area (Å²) in [6.07, 6.45) is 1.87. The van der Waals surface area contributed by atoms with E-state index < -0.39 is 0 Å². The van der Waals surface area contributed by atoms with Crippen LogP contribution in [0.1, 0.15) is 24.4 Å². The van der Waals surface area contributed by atoms with Gasteiger partial charge in [-0.2, -0.15) is 0 Å². The summed E-state index contributed by atoms with van der Waals surface area (Å²) in [5.41, 5.74) is 2.37. The fourth-order valence-corrected chi connectivity index (χ4v) is 3.25. The molecule has 0 aliphatic heterocycles. The molecule has 4 aromatic rings. The minimum atomic E-state index is -0.320. The van der Waals surface area contributed by atoms with Gasteiger partial charge in [0.15, 0.2) is 11.5 Å². The lowest BCUT2D eigenvalue weighted by molar-refractivity contribution is 0.0889. The third-order valence-corrected chi connectivity index (χ3v) is 4.77. The molecule has 0 saturated heterocycles. The summed E-state index contributed by atoms with van der Waals surface area (Å²) in [6, 6.07) is 22.2. The first-order valence-electron chi connectivity index (χ1n) is 10.4. The SMILES string of the molecule is CC(NC(=O)Nc1cccc(COCCOc2ccccc2)c1)c1nnc2ccccn12. The number of benzene rings is 2. The fourth-order valence-electron chi connectivity index (χ4n) is 3.25. The highest BCUT2D eigenvalue weighted by Crippen LogP contribution is 2.14. The molecule has 1 unspecified atom stereocenters. The number of aromatic nitrogens is 3. The number of para-hydroxylation sites is 1. The van der Waals surface area contributed by atoms with E-state index in [-0.39, 0.29) is 12.1 Å². The number of nitrogens with zero attached hydrogens (tertiary/aromatic N) is 3. The van der Waals surface area contributed by atoms with Crippen LogP contribution in [0.3, 0.4) is 0 Å². The number of anilines is 1. The number of carbonyl (C=O) groups is 1. The van der Waals surface area contributed by atoms with E-state index in [4.69, 9.17) is 9.47 Å². The highest BCUT2D eigenvalue weighted by Gasteiger charge is 2.15. The van der Waals surface area contributed by atoms with Gasteiger partial charge in [-0.25, -0.2) is 4.79 Å². The van der Waals surface area contributed by atoms with Gasteiger partial charge < -0.3 is 20.1 Å². The van der Waals surface area contributed by atoms with E-state index in [0.717, 1.165) is 17.0 Å². The van der Waals surface area contributed by atoms with Crippen LogP contribution in [0.15, 0.2) is 79.0 Å². The summed E-state index contributed by atoms with van der Waals surface area (Å²) in [6.45, 7) is 3.23. The van der Waals surface area contributed by atoms with E-state index in [2.05, 4.69) is 20.8 Å². The Morgan fingerprint density at radius 3 is 2.72 bits per heavy atom. The van der Waals surface area contributed by atoms with Gasteiger partial charge in [0.1, 0.15) is 12.4 Å². The largest absolute Gasteiger partial charge is 0.491 e. The molecule has 8 heteroatoms. The third kappa shape index (κ3) is 5.61. The molecule has 1 atom stereocenters. The first-order chi connectivity index (χ1) is 15.7. The molecule has 2 amide bonds. The smallest absolute Gasteiger partial charge is 0.319 e. The molecule has 0 saturated carbocycles. The molecule has 164 valence electrons. The number of fused-ring (bicyclic) bond motifs is 1. The summed E-state index contributed by atoms with van der Waals surface area (Å²) >= 11 is 0. The topological polar surface area (TPSA) is 89.8 Å². The average molecular weight is 431 g/mol. The van der Waals surface area contributed by atoms with Crippen LogP contribution in [0.2, 0.25) is 0 Å². The molecule has 0 aliphatic carbocycles. The van der Waals surface area contributed by atoms with Crippen molar-refractivity contribution in [2.24, 2.45) is 0 Å². The predicted octanol–water partition coefficient (Wildman–Crippen LogP) is 4.21. The maximum atomic E-state index is 12.5. The van der Waals surface area contributed by atoms with Gasteiger partial charge in [-0.05, 0) is 48.9 Å². The Balaban J connectivity index is 1.24. The van der Waals surface area contributed by atoms with Crippen LogP contribution in [0.25, 0.3) is 5.65 Å². The Hall–Kier alpha value is -3.91. The van der Waals surface area contributed by atoms with E-state index in [1.807, 2.05) is 90.3 Å². The summed E-state index contributed by atoms with van der Waals surface area (Å²) in [4.78, 5) is 12.5. The minimum Gasteiger partial charge on any atom is -0.491 e. The zero-order valence-corrected chi connectivity index (χ0v) is 17.8.